The highest BCUT2D eigenvalue weighted by Gasteiger charge is 2.23. The van der Waals surface area contributed by atoms with E-state index in [-0.39, 0.29) is 23.0 Å². The van der Waals surface area contributed by atoms with E-state index in [2.05, 4.69) is 17.9 Å². The summed E-state index contributed by atoms with van der Waals surface area (Å²) in [7, 11) is 0. The lowest BCUT2D eigenvalue weighted by molar-refractivity contribution is -0.136. The smallest absolute Gasteiger partial charge is 0.195 e. The molecule has 4 rings (SSSR count). The molecule has 1 fully saturated rings. The number of fused-ring (bicyclic) bond motifs is 1. The molecule has 0 N–H and O–H groups in total. The van der Waals surface area contributed by atoms with Gasteiger partial charge in [0.1, 0.15) is 6.10 Å². The highest BCUT2D eigenvalue weighted by atomic mass is 19.2. The quantitative estimate of drug-likeness (QED) is 0.265. The predicted octanol–water partition coefficient (Wildman–Crippen LogP) is 6.47. The van der Waals surface area contributed by atoms with Gasteiger partial charge >= 0.3 is 0 Å². The van der Waals surface area contributed by atoms with Crippen LogP contribution in [0.3, 0.4) is 0 Å². The van der Waals surface area contributed by atoms with Gasteiger partial charge in [-0.15, -0.1) is 0 Å². The molecule has 1 saturated heterocycles. The van der Waals surface area contributed by atoms with Gasteiger partial charge in [-0.2, -0.15) is 0 Å². The summed E-state index contributed by atoms with van der Waals surface area (Å²) in [5.74, 6) is 2.16. The lowest BCUT2D eigenvalue weighted by Gasteiger charge is -2.29. The van der Waals surface area contributed by atoms with Crippen molar-refractivity contribution in [3.8, 4) is 11.8 Å². The first kappa shape index (κ1) is 22.1. The van der Waals surface area contributed by atoms with Crippen LogP contribution in [0.15, 0.2) is 60.7 Å². The van der Waals surface area contributed by atoms with Gasteiger partial charge in [-0.25, -0.2) is 13.2 Å². The van der Waals surface area contributed by atoms with Crippen molar-refractivity contribution in [2.24, 2.45) is 0 Å². The highest BCUT2D eigenvalue weighted by molar-refractivity contribution is 5.84. The fraction of sp³-hybridized carbons (Fsp3) is 0.259. The SMILES string of the molecule is C/C=C/CC[C@@H]1CO[C@@H](c2ccc(C#Cc3ccc4c(F)c(F)c(F)cc4c3)cc2)CO1. The maximum Gasteiger partial charge on any atom is 0.195 e. The fourth-order valence-corrected chi connectivity index (χ4v) is 3.66. The lowest BCUT2D eigenvalue weighted by atomic mass is 10.0. The third-order valence-corrected chi connectivity index (χ3v) is 5.46. The van der Waals surface area contributed by atoms with E-state index in [0.717, 1.165) is 30.0 Å². The summed E-state index contributed by atoms with van der Waals surface area (Å²) in [5, 5.41) is 0.291. The van der Waals surface area contributed by atoms with E-state index in [1.165, 1.54) is 6.07 Å². The third-order valence-electron chi connectivity index (χ3n) is 5.46. The van der Waals surface area contributed by atoms with E-state index in [9.17, 15) is 13.2 Å². The Balaban J connectivity index is 1.41. The third kappa shape index (κ3) is 5.04. The molecule has 0 radical (unpaired) electrons. The minimum absolute atomic E-state index is 0.0255. The van der Waals surface area contributed by atoms with Crippen LogP contribution in [0, 0.1) is 29.3 Å². The molecule has 3 aromatic carbocycles. The van der Waals surface area contributed by atoms with E-state index < -0.39 is 17.5 Å². The molecule has 1 heterocycles. The Bertz CT molecular complexity index is 1180. The molecule has 0 bridgehead atoms. The second-order valence-corrected chi connectivity index (χ2v) is 7.72. The molecule has 0 aliphatic carbocycles. The van der Waals surface area contributed by atoms with E-state index in [1.807, 2.05) is 37.3 Å². The zero-order valence-corrected chi connectivity index (χ0v) is 17.7. The monoisotopic (exact) mass is 436 g/mol. The molecular formula is C27H23F3O2. The zero-order chi connectivity index (χ0) is 22.5. The molecule has 0 saturated carbocycles. The van der Waals surface area contributed by atoms with Crippen molar-refractivity contribution in [2.75, 3.05) is 13.2 Å². The van der Waals surface area contributed by atoms with Crippen LogP contribution < -0.4 is 0 Å². The molecule has 2 atom stereocenters. The van der Waals surface area contributed by atoms with Crippen LogP contribution in [0.25, 0.3) is 10.8 Å². The summed E-state index contributed by atoms with van der Waals surface area (Å²) in [6.45, 7) is 3.11. The lowest BCUT2D eigenvalue weighted by Crippen LogP contribution is -2.30. The summed E-state index contributed by atoms with van der Waals surface area (Å²) < 4.78 is 52.6. The number of rotatable bonds is 4. The van der Waals surface area contributed by atoms with Crippen molar-refractivity contribution in [3.63, 3.8) is 0 Å². The minimum atomic E-state index is -1.46. The standard InChI is InChI=1S/C27H23F3O2/c1-2-3-4-5-22-16-32-25(17-31-22)20-11-8-18(9-12-20)6-7-19-10-13-23-21(14-19)15-24(28)27(30)26(23)29/h2-3,8-15,22,25H,4-5,16-17H2,1H3/b3-2+/t22-,25-/m1/s1. The second kappa shape index (κ2) is 10.0. The van der Waals surface area contributed by atoms with E-state index in [0.29, 0.717) is 18.8 Å². The first-order valence-electron chi connectivity index (χ1n) is 10.6. The molecule has 0 spiro atoms. The van der Waals surface area contributed by atoms with Crippen LogP contribution in [-0.2, 0) is 9.47 Å². The molecule has 5 heteroatoms. The Hall–Kier alpha value is -3.07. The molecule has 2 nitrogen and oxygen atoms in total. The molecule has 0 amide bonds. The molecular weight excluding hydrogens is 413 g/mol. The average molecular weight is 436 g/mol. The molecule has 0 aromatic heterocycles. The molecule has 32 heavy (non-hydrogen) atoms. The van der Waals surface area contributed by atoms with Crippen molar-refractivity contribution in [1.82, 2.24) is 0 Å². The Kier molecular flexibility index (Phi) is 6.94. The molecule has 3 aromatic rings. The predicted molar refractivity (Wildman–Crippen MR) is 119 cm³/mol. The van der Waals surface area contributed by atoms with Crippen molar-refractivity contribution in [2.45, 2.75) is 32.0 Å². The largest absolute Gasteiger partial charge is 0.373 e. The van der Waals surface area contributed by atoms with Crippen LogP contribution >= 0.6 is 0 Å². The van der Waals surface area contributed by atoms with Crippen molar-refractivity contribution in [3.05, 3.63) is 94.8 Å². The van der Waals surface area contributed by atoms with Crippen molar-refractivity contribution >= 4 is 10.8 Å². The Morgan fingerprint density at radius 3 is 2.38 bits per heavy atom. The van der Waals surface area contributed by atoms with Gasteiger partial charge < -0.3 is 9.47 Å². The normalized spacial score (nSPS) is 18.6. The summed E-state index contributed by atoms with van der Waals surface area (Å²) in [4.78, 5) is 0. The van der Waals surface area contributed by atoms with Crippen LogP contribution in [0.2, 0.25) is 0 Å². The first-order chi connectivity index (χ1) is 15.5. The topological polar surface area (TPSA) is 18.5 Å². The van der Waals surface area contributed by atoms with Gasteiger partial charge in [0.25, 0.3) is 0 Å². The van der Waals surface area contributed by atoms with Gasteiger partial charge in [-0.3, -0.25) is 0 Å². The number of benzene rings is 3. The van der Waals surface area contributed by atoms with Crippen LogP contribution in [0.1, 0.15) is 42.6 Å². The second-order valence-electron chi connectivity index (χ2n) is 7.72. The molecule has 0 unspecified atom stereocenters. The van der Waals surface area contributed by atoms with Gasteiger partial charge in [0, 0.05) is 16.5 Å². The number of halogens is 3. The van der Waals surface area contributed by atoms with E-state index in [4.69, 9.17) is 9.47 Å². The maximum absolute atomic E-state index is 13.9. The maximum atomic E-state index is 13.9. The number of allylic oxidation sites excluding steroid dienone is 2. The zero-order valence-electron chi connectivity index (χ0n) is 17.7. The average Bonchev–Trinajstić information content (AvgIpc) is 2.82. The highest BCUT2D eigenvalue weighted by Crippen LogP contribution is 2.25. The summed E-state index contributed by atoms with van der Waals surface area (Å²) in [6, 6.07) is 13.3. The van der Waals surface area contributed by atoms with Gasteiger partial charge in [-0.05, 0) is 61.0 Å². The molecule has 164 valence electrons. The minimum Gasteiger partial charge on any atom is -0.373 e. The van der Waals surface area contributed by atoms with Crippen LogP contribution in [0.4, 0.5) is 13.2 Å². The van der Waals surface area contributed by atoms with Crippen molar-refractivity contribution < 1.29 is 22.6 Å². The Morgan fingerprint density at radius 1 is 0.906 bits per heavy atom. The fourth-order valence-electron chi connectivity index (χ4n) is 3.66. The van der Waals surface area contributed by atoms with E-state index in [1.54, 1.807) is 12.1 Å². The van der Waals surface area contributed by atoms with Crippen LogP contribution in [-0.4, -0.2) is 19.3 Å². The van der Waals surface area contributed by atoms with Gasteiger partial charge in [0.15, 0.2) is 17.5 Å². The van der Waals surface area contributed by atoms with E-state index >= 15 is 0 Å². The summed E-state index contributed by atoms with van der Waals surface area (Å²) in [5.41, 5.74) is 2.41. The van der Waals surface area contributed by atoms with Gasteiger partial charge in [0.05, 0.1) is 19.3 Å². The molecule has 1 aliphatic heterocycles. The molecule has 1 aliphatic rings. The first-order valence-corrected chi connectivity index (χ1v) is 10.6. The number of ether oxygens (including phenoxy) is 2. The summed E-state index contributed by atoms with van der Waals surface area (Å²) in [6.07, 6.45) is 6.14. The number of hydrogen-bond acceptors (Lipinski definition) is 2. The number of hydrogen-bond donors (Lipinski definition) is 0. The van der Waals surface area contributed by atoms with Gasteiger partial charge in [-0.1, -0.05) is 42.2 Å². The van der Waals surface area contributed by atoms with Crippen LogP contribution in [0.5, 0.6) is 0 Å². The van der Waals surface area contributed by atoms with Crippen molar-refractivity contribution in [1.29, 1.82) is 0 Å². The summed E-state index contributed by atoms with van der Waals surface area (Å²) >= 11 is 0. The van der Waals surface area contributed by atoms with Gasteiger partial charge in [0.2, 0.25) is 0 Å². The Labute approximate surface area is 185 Å². The Morgan fingerprint density at radius 2 is 1.66 bits per heavy atom.